The standard InChI is InChI=1S/C27H24Cl2N2O5/c1-15-18(13-24(36-15)17-5-3-2-4-6-17)26(33)30-21(12-16-7-8-19(28)20(29)11-16)27(34)31-10-9-23-25(31)22(32)14-35-23/h2-8,11,13,21,23,25H,9-10,12,14H2,1H3,(H,30,33). The van der Waals surface area contributed by atoms with Crippen LogP contribution in [0.4, 0.5) is 0 Å². The molecule has 186 valence electrons. The van der Waals surface area contributed by atoms with Gasteiger partial charge in [0.1, 0.15) is 30.2 Å². The van der Waals surface area contributed by atoms with Crippen molar-refractivity contribution in [1.29, 1.82) is 0 Å². The Morgan fingerprint density at radius 3 is 2.64 bits per heavy atom. The van der Waals surface area contributed by atoms with E-state index in [9.17, 15) is 14.4 Å². The van der Waals surface area contributed by atoms with Gasteiger partial charge in [-0.25, -0.2) is 0 Å². The fraction of sp³-hybridized carbons (Fsp3) is 0.296. The molecular weight excluding hydrogens is 503 g/mol. The van der Waals surface area contributed by atoms with E-state index in [0.29, 0.717) is 40.1 Å². The summed E-state index contributed by atoms with van der Waals surface area (Å²) in [7, 11) is 0. The van der Waals surface area contributed by atoms with Gasteiger partial charge in [-0.05, 0) is 37.1 Å². The molecule has 2 aliphatic rings. The second kappa shape index (κ2) is 10.1. The minimum atomic E-state index is -0.934. The summed E-state index contributed by atoms with van der Waals surface area (Å²) in [4.78, 5) is 41.0. The first-order valence-electron chi connectivity index (χ1n) is 11.7. The van der Waals surface area contributed by atoms with Gasteiger partial charge in [-0.1, -0.05) is 59.6 Å². The predicted molar refractivity (Wildman–Crippen MR) is 135 cm³/mol. The molecule has 3 unspecified atom stereocenters. The lowest BCUT2D eigenvalue weighted by atomic mass is 10.0. The lowest BCUT2D eigenvalue weighted by Gasteiger charge is -2.27. The molecule has 5 rings (SSSR count). The molecule has 2 fully saturated rings. The van der Waals surface area contributed by atoms with E-state index >= 15 is 0 Å². The van der Waals surface area contributed by atoms with Gasteiger partial charge in [-0.3, -0.25) is 14.4 Å². The molecule has 2 amide bonds. The van der Waals surface area contributed by atoms with Gasteiger partial charge >= 0.3 is 0 Å². The Morgan fingerprint density at radius 1 is 1.11 bits per heavy atom. The molecule has 0 saturated carbocycles. The first-order chi connectivity index (χ1) is 17.3. The maximum absolute atomic E-state index is 13.7. The summed E-state index contributed by atoms with van der Waals surface area (Å²) >= 11 is 12.2. The molecule has 0 bridgehead atoms. The van der Waals surface area contributed by atoms with Crippen molar-refractivity contribution in [3.63, 3.8) is 0 Å². The van der Waals surface area contributed by atoms with Gasteiger partial charge in [-0.15, -0.1) is 0 Å². The number of nitrogens with zero attached hydrogens (tertiary/aromatic N) is 1. The highest BCUT2D eigenvalue weighted by Gasteiger charge is 2.48. The van der Waals surface area contributed by atoms with E-state index in [2.05, 4.69) is 5.32 Å². The average Bonchev–Trinajstić information content (AvgIpc) is 3.57. The van der Waals surface area contributed by atoms with E-state index in [0.717, 1.165) is 11.1 Å². The van der Waals surface area contributed by atoms with Gasteiger partial charge < -0.3 is 19.4 Å². The van der Waals surface area contributed by atoms with Crippen molar-refractivity contribution in [3.8, 4) is 11.3 Å². The van der Waals surface area contributed by atoms with Gasteiger partial charge in [0.05, 0.1) is 21.7 Å². The topological polar surface area (TPSA) is 88.8 Å². The smallest absolute Gasteiger partial charge is 0.255 e. The van der Waals surface area contributed by atoms with Crippen LogP contribution in [0.25, 0.3) is 11.3 Å². The molecule has 3 atom stereocenters. The summed E-state index contributed by atoms with van der Waals surface area (Å²) in [5, 5.41) is 3.62. The molecule has 9 heteroatoms. The molecule has 1 aromatic heterocycles. The summed E-state index contributed by atoms with van der Waals surface area (Å²) in [6.07, 6.45) is 0.455. The number of hydrogen-bond acceptors (Lipinski definition) is 5. The average molecular weight is 527 g/mol. The van der Waals surface area contributed by atoms with Crippen molar-refractivity contribution in [2.75, 3.05) is 13.2 Å². The van der Waals surface area contributed by atoms with Crippen LogP contribution in [0.15, 0.2) is 59.0 Å². The Morgan fingerprint density at radius 2 is 1.89 bits per heavy atom. The number of nitrogens with one attached hydrogen (secondary N) is 1. The van der Waals surface area contributed by atoms with Crippen LogP contribution in [0.5, 0.6) is 0 Å². The van der Waals surface area contributed by atoms with E-state index in [-0.39, 0.29) is 30.8 Å². The molecule has 3 aromatic rings. The number of halogens is 2. The van der Waals surface area contributed by atoms with Gasteiger partial charge in [0.2, 0.25) is 5.91 Å². The normalized spacial score (nSPS) is 19.9. The van der Waals surface area contributed by atoms with Crippen molar-refractivity contribution >= 4 is 40.8 Å². The Balaban J connectivity index is 1.42. The van der Waals surface area contributed by atoms with Crippen LogP contribution < -0.4 is 5.32 Å². The zero-order chi connectivity index (χ0) is 25.4. The first kappa shape index (κ1) is 24.6. The molecule has 2 aliphatic heterocycles. The summed E-state index contributed by atoms with van der Waals surface area (Å²) in [5.41, 5.74) is 1.90. The number of ketones is 1. The van der Waals surface area contributed by atoms with E-state index in [1.54, 1.807) is 31.2 Å². The van der Waals surface area contributed by atoms with Crippen LogP contribution in [-0.2, 0) is 20.7 Å². The third kappa shape index (κ3) is 4.78. The van der Waals surface area contributed by atoms with Crippen LogP contribution in [-0.4, -0.2) is 53.8 Å². The molecule has 2 saturated heterocycles. The second-order valence-corrected chi connectivity index (χ2v) is 9.82. The van der Waals surface area contributed by atoms with Gasteiger partial charge in [0, 0.05) is 18.5 Å². The maximum Gasteiger partial charge on any atom is 0.255 e. The fourth-order valence-electron chi connectivity index (χ4n) is 4.83. The van der Waals surface area contributed by atoms with Gasteiger partial charge in [0.25, 0.3) is 5.91 Å². The molecule has 0 radical (unpaired) electrons. The molecule has 1 N–H and O–H groups in total. The summed E-state index contributed by atoms with van der Waals surface area (Å²) in [6.45, 7) is 2.09. The number of fused-ring (bicyclic) bond motifs is 1. The third-order valence-corrected chi connectivity index (χ3v) is 7.38. The number of aryl methyl sites for hydroxylation is 1. The number of furan rings is 1. The third-order valence-electron chi connectivity index (χ3n) is 6.64. The zero-order valence-corrected chi connectivity index (χ0v) is 21.0. The lowest BCUT2D eigenvalue weighted by molar-refractivity contribution is -0.138. The monoisotopic (exact) mass is 526 g/mol. The number of carbonyl (C=O) groups excluding carboxylic acids is 3. The number of ether oxygens (including phenoxy) is 1. The van der Waals surface area contributed by atoms with Crippen LogP contribution in [0.1, 0.15) is 28.1 Å². The number of rotatable bonds is 6. The largest absolute Gasteiger partial charge is 0.461 e. The van der Waals surface area contributed by atoms with Crippen molar-refractivity contribution in [2.45, 2.75) is 38.0 Å². The molecule has 2 aromatic carbocycles. The van der Waals surface area contributed by atoms with Crippen molar-refractivity contribution < 1.29 is 23.5 Å². The molecule has 0 spiro atoms. The van der Waals surface area contributed by atoms with E-state index in [4.69, 9.17) is 32.4 Å². The highest BCUT2D eigenvalue weighted by Crippen LogP contribution is 2.29. The first-order valence-corrected chi connectivity index (χ1v) is 12.4. The number of likely N-dealkylation sites (tertiary alicyclic amines) is 1. The van der Waals surface area contributed by atoms with Crippen molar-refractivity contribution in [2.24, 2.45) is 0 Å². The Hall–Kier alpha value is -3.13. The lowest BCUT2D eigenvalue weighted by Crippen LogP contribution is -2.53. The summed E-state index contributed by atoms with van der Waals surface area (Å²) < 4.78 is 11.4. The van der Waals surface area contributed by atoms with Gasteiger partial charge in [-0.2, -0.15) is 0 Å². The molecular formula is C27H24Cl2N2O5. The number of benzene rings is 2. The Bertz CT molecular complexity index is 1320. The molecule has 0 aliphatic carbocycles. The van der Waals surface area contributed by atoms with E-state index < -0.39 is 18.0 Å². The van der Waals surface area contributed by atoms with Crippen LogP contribution in [0, 0.1) is 6.92 Å². The Labute approximate surface area is 218 Å². The summed E-state index contributed by atoms with van der Waals surface area (Å²) in [5.74, 6) is 0.0878. The SMILES string of the molecule is Cc1oc(-c2ccccc2)cc1C(=O)NC(Cc1ccc(Cl)c(Cl)c1)C(=O)N1CCC2OCC(=O)C21. The van der Waals surface area contributed by atoms with Crippen molar-refractivity contribution in [1.82, 2.24) is 10.2 Å². The van der Waals surface area contributed by atoms with Crippen molar-refractivity contribution in [3.05, 3.63) is 81.5 Å². The number of Topliss-reactive ketones (excluding diaryl/α,β-unsaturated/α-hetero) is 1. The minimum absolute atomic E-state index is 0.000587. The number of amides is 2. The number of carbonyl (C=O) groups is 3. The second-order valence-electron chi connectivity index (χ2n) is 9.01. The predicted octanol–water partition coefficient (Wildman–Crippen LogP) is 4.47. The minimum Gasteiger partial charge on any atom is -0.461 e. The zero-order valence-electron chi connectivity index (χ0n) is 19.5. The van der Waals surface area contributed by atoms with E-state index in [1.807, 2.05) is 30.3 Å². The molecule has 7 nitrogen and oxygen atoms in total. The highest BCUT2D eigenvalue weighted by molar-refractivity contribution is 6.42. The highest BCUT2D eigenvalue weighted by atomic mass is 35.5. The molecule has 3 heterocycles. The van der Waals surface area contributed by atoms with Gasteiger partial charge in [0.15, 0.2) is 5.78 Å². The fourth-order valence-corrected chi connectivity index (χ4v) is 5.15. The number of hydrogen-bond donors (Lipinski definition) is 1. The van der Waals surface area contributed by atoms with E-state index in [1.165, 1.54) is 4.90 Å². The maximum atomic E-state index is 13.7. The summed E-state index contributed by atoms with van der Waals surface area (Å²) in [6, 6.07) is 14.6. The van der Waals surface area contributed by atoms with Crippen LogP contribution in [0.3, 0.4) is 0 Å². The van der Waals surface area contributed by atoms with Crippen LogP contribution >= 0.6 is 23.2 Å². The quantitative estimate of drug-likeness (QED) is 0.511. The van der Waals surface area contributed by atoms with Crippen LogP contribution in [0.2, 0.25) is 10.0 Å². The molecule has 36 heavy (non-hydrogen) atoms. The Kier molecular flexibility index (Phi) is 6.88.